The minimum atomic E-state index is -1.01. The van der Waals surface area contributed by atoms with Crippen molar-refractivity contribution in [2.45, 2.75) is 39.2 Å². The summed E-state index contributed by atoms with van der Waals surface area (Å²) in [6.45, 7) is 6.32. The van der Waals surface area contributed by atoms with Crippen LogP contribution in [0.4, 0.5) is 0 Å². The number of carbonyl (C=O) groups excluding carboxylic acids is 2. The van der Waals surface area contributed by atoms with E-state index in [4.69, 9.17) is 14.2 Å². The zero-order chi connectivity index (χ0) is 12.9. The molecule has 5 nitrogen and oxygen atoms in total. The van der Waals surface area contributed by atoms with E-state index in [1.165, 1.54) is 0 Å². The van der Waals surface area contributed by atoms with Gasteiger partial charge in [-0.3, -0.25) is 4.79 Å². The predicted octanol–water partition coefficient (Wildman–Crippen LogP) is 1.30. The van der Waals surface area contributed by atoms with E-state index in [-0.39, 0.29) is 18.3 Å². The molecule has 17 heavy (non-hydrogen) atoms. The summed E-state index contributed by atoms with van der Waals surface area (Å²) in [6.07, 6.45) is 0.872. The van der Waals surface area contributed by atoms with Gasteiger partial charge in [-0.15, -0.1) is 0 Å². The highest BCUT2D eigenvalue weighted by molar-refractivity contribution is 5.81. The Kier molecular flexibility index (Phi) is 4.93. The van der Waals surface area contributed by atoms with Gasteiger partial charge in [-0.2, -0.15) is 0 Å². The molecule has 0 N–H and O–H groups in total. The lowest BCUT2D eigenvalue weighted by Crippen LogP contribution is -2.43. The predicted molar refractivity (Wildman–Crippen MR) is 60.3 cm³/mol. The summed E-state index contributed by atoms with van der Waals surface area (Å²) in [6, 6.07) is 0. The number of esters is 2. The van der Waals surface area contributed by atoms with Crippen LogP contribution >= 0.6 is 0 Å². The van der Waals surface area contributed by atoms with Crippen LogP contribution in [0.1, 0.15) is 33.6 Å². The van der Waals surface area contributed by atoms with E-state index in [1.807, 2.05) is 0 Å². The maximum Gasteiger partial charge on any atom is 0.338 e. The summed E-state index contributed by atoms with van der Waals surface area (Å²) < 4.78 is 15.3. The standard InChI is InChI=1S/C12H20O5/c1-4-15-10(13)8-9-6-7-17-12(9,3)11(14)16-5-2/h9H,4-8H2,1-3H3/t9-,12+/m0/s1. The molecule has 0 amide bonds. The van der Waals surface area contributed by atoms with Gasteiger partial charge in [0.2, 0.25) is 0 Å². The fourth-order valence-electron chi connectivity index (χ4n) is 2.02. The van der Waals surface area contributed by atoms with Crippen LogP contribution < -0.4 is 0 Å². The number of rotatable bonds is 5. The van der Waals surface area contributed by atoms with E-state index in [2.05, 4.69) is 0 Å². The Bertz CT molecular complexity index is 289. The third-order valence-electron chi connectivity index (χ3n) is 3.05. The van der Waals surface area contributed by atoms with E-state index in [9.17, 15) is 9.59 Å². The molecule has 0 aromatic heterocycles. The van der Waals surface area contributed by atoms with Crippen LogP contribution in [0.5, 0.6) is 0 Å². The first kappa shape index (κ1) is 14.0. The third-order valence-corrected chi connectivity index (χ3v) is 3.05. The van der Waals surface area contributed by atoms with Gasteiger partial charge in [-0.1, -0.05) is 0 Å². The zero-order valence-electron chi connectivity index (χ0n) is 10.7. The summed E-state index contributed by atoms with van der Waals surface area (Å²) in [5, 5.41) is 0. The average Bonchev–Trinajstić information content (AvgIpc) is 2.62. The maximum absolute atomic E-state index is 11.8. The van der Waals surface area contributed by atoms with Gasteiger partial charge in [0.25, 0.3) is 0 Å². The van der Waals surface area contributed by atoms with Crippen molar-refractivity contribution in [2.75, 3.05) is 19.8 Å². The van der Waals surface area contributed by atoms with Gasteiger partial charge < -0.3 is 14.2 Å². The fourth-order valence-corrected chi connectivity index (χ4v) is 2.02. The topological polar surface area (TPSA) is 61.8 Å². The Morgan fingerprint density at radius 3 is 2.53 bits per heavy atom. The van der Waals surface area contributed by atoms with Crippen LogP contribution in [-0.4, -0.2) is 37.4 Å². The van der Waals surface area contributed by atoms with Crippen molar-refractivity contribution in [2.24, 2.45) is 5.92 Å². The molecule has 5 heteroatoms. The molecule has 0 aromatic carbocycles. The lowest BCUT2D eigenvalue weighted by molar-refractivity contribution is -0.169. The van der Waals surface area contributed by atoms with Gasteiger partial charge in [-0.05, 0) is 27.2 Å². The van der Waals surface area contributed by atoms with Gasteiger partial charge in [0, 0.05) is 12.5 Å². The Morgan fingerprint density at radius 2 is 1.94 bits per heavy atom. The minimum Gasteiger partial charge on any atom is -0.466 e. The quantitative estimate of drug-likeness (QED) is 0.682. The van der Waals surface area contributed by atoms with Gasteiger partial charge in [0.05, 0.1) is 19.6 Å². The van der Waals surface area contributed by atoms with E-state index in [0.29, 0.717) is 26.2 Å². The van der Waals surface area contributed by atoms with Gasteiger partial charge >= 0.3 is 11.9 Å². The molecular formula is C12H20O5. The van der Waals surface area contributed by atoms with Crippen molar-refractivity contribution in [3.05, 3.63) is 0 Å². The Labute approximate surface area is 101 Å². The molecular weight excluding hydrogens is 224 g/mol. The largest absolute Gasteiger partial charge is 0.466 e. The van der Waals surface area contributed by atoms with Crippen molar-refractivity contribution in [1.29, 1.82) is 0 Å². The van der Waals surface area contributed by atoms with Crippen LogP contribution in [0, 0.1) is 5.92 Å². The molecule has 0 aliphatic carbocycles. The maximum atomic E-state index is 11.8. The molecule has 0 spiro atoms. The van der Waals surface area contributed by atoms with Crippen LogP contribution in [0.15, 0.2) is 0 Å². The lowest BCUT2D eigenvalue weighted by Gasteiger charge is -2.27. The van der Waals surface area contributed by atoms with Gasteiger partial charge in [0.1, 0.15) is 0 Å². The van der Waals surface area contributed by atoms with Crippen molar-refractivity contribution in [1.82, 2.24) is 0 Å². The molecule has 98 valence electrons. The molecule has 2 atom stereocenters. The molecule has 0 saturated carbocycles. The minimum absolute atomic E-state index is 0.166. The van der Waals surface area contributed by atoms with Gasteiger partial charge in [-0.25, -0.2) is 4.79 Å². The molecule has 1 fully saturated rings. The Morgan fingerprint density at radius 1 is 1.29 bits per heavy atom. The number of ether oxygens (including phenoxy) is 3. The lowest BCUT2D eigenvalue weighted by atomic mass is 9.86. The van der Waals surface area contributed by atoms with Gasteiger partial charge in [0.15, 0.2) is 5.60 Å². The van der Waals surface area contributed by atoms with E-state index in [0.717, 1.165) is 0 Å². The molecule has 1 aliphatic rings. The summed E-state index contributed by atoms with van der Waals surface area (Å²) >= 11 is 0. The van der Waals surface area contributed by atoms with Crippen LogP contribution in [0.3, 0.4) is 0 Å². The smallest absolute Gasteiger partial charge is 0.338 e. The Hall–Kier alpha value is -1.10. The second kappa shape index (κ2) is 6.00. The molecule has 0 bridgehead atoms. The summed E-state index contributed by atoms with van der Waals surface area (Å²) in [5.74, 6) is -0.856. The molecule has 0 aromatic rings. The number of hydrogen-bond acceptors (Lipinski definition) is 5. The first-order chi connectivity index (χ1) is 8.04. The van der Waals surface area contributed by atoms with Crippen molar-refractivity contribution >= 4 is 11.9 Å². The fraction of sp³-hybridized carbons (Fsp3) is 0.833. The highest BCUT2D eigenvalue weighted by atomic mass is 16.6. The van der Waals surface area contributed by atoms with E-state index >= 15 is 0 Å². The summed E-state index contributed by atoms with van der Waals surface area (Å²) in [4.78, 5) is 23.3. The molecule has 1 aliphatic heterocycles. The van der Waals surface area contributed by atoms with Crippen LogP contribution in [0.2, 0.25) is 0 Å². The second-order valence-electron chi connectivity index (χ2n) is 4.17. The van der Waals surface area contributed by atoms with Crippen molar-refractivity contribution in [3.8, 4) is 0 Å². The SMILES string of the molecule is CCOC(=O)C[C@@H]1CCO[C@@]1(C)C(=O)OCC. The summed E-state index contributed by atoms with van der Waals surface area (Å²) in [7, 11) is 0. The van der Waals surface area contributed by atoms with Crippen molar-refractivity contribution in [3.63, 3.8) is 0 Å². The Balaban J connectivity index is 2.64. The monoisotopic (exact) mass is 244 g/mol. The molecule has 1 heterocycles. The molecule has 0 radical (unpaired) electrons. The van der Waals surface area contributed by atoms with Crippen LogP contribution in [-0.2, 0) is 23.8 Å². The van der Waals surface area contributed by atoms with Crippen LogP contribution in [0.25, 0.3) is 0 Å². The summed E-state index contributed by atoms with van der Waals surface area (Å²) in [5.41, 5.74) is -1.01. The molecule has 0 unspecified atom stereocenters. The highest BCUT2D eigenvalue weighted by Crippen LogP contribution is 2.35. The van der Waals surface area contributed by atoms with E-state index in [1.54, 1.807) is 20.8 Å². The second-order valence-corrected chi connectivity index (χ2v) is 4.17. The third kappa shape index (κ3) is 3.19. The number of carbonyl (C=O) groups is 2. The molecule has 1 saturated heterocycles. The average molecular weight is 244 g/mol. The number of hydrogen-bond donors (Lipinski definition) is 0. The normalized spacial score (nSPS) is 27.8. The van der Waals surface area contributed by atoms with E-state index < -0.39 is 11.6 Å². The zero-order valence-corrected chi connectivity index (χ0v) is 10.7. The van der Waals surface area contributed by atoms with Crippen molar-refractivity contribution < 1.29 is 23.8 Å². The highest BCUT2D eigenvalue weighted by Gasteiger charge is 2.48. The first-order valence-corrected chi connectivity index (χ1v) is 6.01. The first-order valence-electron chi connectivity index (χ1n) is 6.01. The molecule has 1 rings (SSSR count).